The van der Waals surface area contributed by atoms with Gasteiger partial charge in [0.25, 0.3) is 0 Å². The SMILES string of the molecule is CCOc1cccc(/C=C/CN2CCNCC2)c1. The van der Waals surface area contributed by atoms with Crippen molar-refractivity contribution in [2.45, 2.75) is 6.92 Å². The molecule has 1 fully saturated rings. The summed E-state index contributed by atoms with van der Waals surface area (Å²) in [6.45, 7) is 8.25. The Kier molecular flexibility index (Phi) is 5.24. The fraction of sp³-hybridized carbons (Fsp3) is 0.467. The molecule has 2 rings (SSSR count). The van der Waals surface area contributed by atoms with Gasteiger partial charge in [-0.2, -0.15) is 0 Å². The van der Waals surface area contributed by atoms with Crippen molar-refractivity contribution in [3.05, 3.63) is 35.9 Å². The number of ether oxygens (including phenoxy) is 1. The first kappa shape index (κ1) is 13.1. The molecule has 98 valence electrons. The maximum atomic E-state index is 5.49. The first-order chi connectivity index (χ1) is 8.88. The predicted molar refractivity (Wildman–Crippen MR) is 76.0 cm³/mol. The molecular formula is C15H22N2O. The van der Waals surface area contributed by atoms with Crippen molar-refractivity contribution in [1.29, 1.82) is 0 Å². The third-order valence-corrected chi connectivity index (χ3v) is 3.05. The van der Waals surface area contributed by atoms with Crippen molar-refractivity contribution < 1.29 is 4.74 Å². The van der Waals surface area contributed by atoms with Crippen LogP contribution in [0, 0.1) is 0 Å². The van der Waals surface area contributed by atoms with Gasteiger partial charge in [-0.1, -0.05) is 24.3 Å². The summed E-state index contributed by atoms with van der Waals surface area (Å²) in [4.78, 5) is 2.46. The van der Waals surface area contributed by atoms with Gasteiger partial charge in [0, 0.05) is 32.7 Å². The number of benzene rings is 1. The summed E-state index contributed by atoms with van der Waals surface area (Å²) in [5, 5.41) is 3.36. The van der Waals surface area contributed by atoms with E-state index >= 15 is 0 Å². The molecule has 1 aliphatic heterocycles. The second kappa shape index (κ2) is 7.19. The first-order valence-electron chi connectivity index (χ1n) is 6.71. The molecule has 0 aromatic heterocycles. The molecule has 1 saturated heterocycles. The van der Waals surface area contributed by atoms with Crippen LogP contribution in [-0.2, 0) is 0 Å². The largest absolute Gasteiger partial charge is 0.494 e. The Bertz CT molecular complexity index is 384. The highest BCUT2D eigenvalue weighted by atomic mass is 16.5. The van der Waals surface area contributed by atoms with E-state index < -0.39 is 0 Å². The lowest BCUT2D eigenvalue weighted by Crippen LogP contribution is -2.43. The maximum absolute atomic E-state index is 5.49. The Morgan fingerprint density at radius 3 is 2.94 bits per heavy atom. The van der Waals surface area contributed by atoms with Crippen molar-refractivity contribution >= 4 is 6.08 Å². The number of rotatable bonds is 5. The molecule has 0 atom stereocenters. The van der Waals surface area contributed by atoms with Crippen molar-refractivity contribution in [3.8, 4) is 5.75 Å². The molecule has 1 aromatic carbocycles. The van der Waals surface area contributed by atoms with E-state index in [2.05, 4.69) is 34.5 Å². The molecule has 1 aliphatic rings. The zero-order valence-electron chi connectivity index (χ0n) is 11.1. The summed E-state index contributed by atoms with van der Waals surface area (Å²) in [6.07, 6.45) is 4.40. The summed E-state index contributed by atoms with van der Waals surface area (Å²) in [7, 11) is 0. The molecule has 0 unspecified atom stereocenters. The van der Waals surface area contributed by atoms with Crippen LogP contribution in [0.5, 0.6) is 5.75 Å². The van der Waals surface area contributed by atoms with Crippen molar-refractivity contribution in [2.24, 2.45) is 0 Å². The Morgan fingerprint density at radius 2 is 2.17 bits per heavy atom. The van der Waals surface area contributed by atoms with Crippen LogP contribution in [0.3, 0.4) is 0 Å². The van der Waals surface area contributed by atoms with E-state index in [0.717, 1.165) is 38.5 Å². The second-order valence-corrected chi connectivity index (χ2v) is 4.46. The average molecular weight is 246 g/mol. The Hall–Kier alpha value is -1.32. The fourth-order valence-corrected chi connectivity index (χ4v) is 2.11. The van der Waals surface area contributed by atoms with Crippen LogP contribution in [0.2, 0.25) is 0 Å². The van der Waals surface area contributed by atoms with E-state index in [9.17, 15) is 0 Å². The molecule has 1 heterocycles. The van der Waals surface area contributed by atoms with Crippen LogP contribution in [0.1, 0.15) is 12.5 Å². The van der Waals surface area contributed by atoms with E-state index in [4.69, 9.17) is 4.74 Å². The molecule has 0 saturated carbocycles. The van der Waals surface area contributed by atoms with Crippen LogP contribution in [0.4, 0.5) is 0 Å². The van der Waals surface area contributed by atoms with Crippen LogP contribution in [-0.4, -0.2) is 44.2 Å². The van der Waals surface area contributed by atoms with E-state index in [1.54, 1.807) is 0 Å². The number of hydrogen-bond donors (Lipinski definition) is 1. The summed E-state index contributed by atoms with van der Waals surface area (Å²) in [5.74, 6) is 0.946. The van der Waals surface area contributed by atoms with E-state index in [1.165, 1.54) is 5.56 Å². The van der Waals surface area contributed by atoms with Gasteiger partial charge in [0.1, 0.15) is 5.75 Å². The zero-order valence-corrected chi connectivity index (χ0v) is 11.1. The summed E-state index contributed by atoms with van der Waals surface area (Å²) < 4.78 is 5.49. The molecule has 0 aliphatic carbocycles. The highest BCUT2D eigenvalue weighted by Gasteiger charge is 2.06. The Balaban J connectivity index is 1.85. The van der Waals surface area contributed by atoms with Gasteiger partial charge in [-0.3, -0.25) is 4.90 Å². The van der Waals surface area contributed by atoms with Gasteiger partial charge < -0.3 is 10.1 Å². The van der Waals surface area contributed by atoms with Crippen LogP contribution >= 0.6 is 0 Å². The minimum Gasteiger partial charge on any atom is -0.494 e. The van der Waals surface area contributed by atoms with Gasteiger partial charge in [-0.25, -0.2) is 0 Å². The number of piperazine rings is 1. The maximum Gasteiger partial charge on any atom is 0.119 e. The lowest BCUT2D eigenvalue weighted by atomic mass is 10.2. The van der Waals surface area contributed by atoms with Gasteiger partial charge in [-0.05, 0) is 24.6 Å². The first-order valence-corrected chi connectivity index (χ1v) is 6.71. The lowest BCUT2D eigenvalue weighted by molar-refractivity contribution is 0.265. The van der Waals surface area contributed by atoms with E-state index in [1.807, 2.05) is 19.1 Å². The van der Waals surface area contributed by atoms with Gasteiger partial charge >= 0.3 is 0 Å². The molecule has 18 heavy (non-hydrogen) atoms. The van der Waals surface area contributed by atoms with Crippen LogP contribution < -0.4 is 10.1 Å². The Morgan fingerprint density at radius 1 is 1.33 bits per heavy atom. The van der Waals surface area contributed by atoms with E-state index in [0.29, 0.717) is 6.61 Å². The predicted octanol–water partition coefficient (Wildman–Crippen LogP) is 2.00. The Labute approximate surface area is 109 Å². The van der Waals surface area contributed by atoms with Gasteiger partial charge in [-0.15, -0.1) is 0 Å². The smallest absolute Gasteiger partial charge is 0.119 e. The molecular weight excluding hydrogens is 224 g/mol. The zero-order chi connectivity index (χ0) is 12.6. The summed E-state index contributed by atoms with van der Waals surface area (Å²) >= 11 is 0. The topological polar surface area (TPSA) is 24.5 Å². The molecule has 3 nitrogen and oxygen atoms in total. The number of nitrogens with one attached hydrogen (secondary N) is 1. The molecule has 1 N–H and O–H groups in total. The highest BCUT2D eigenvalue weighted by molar-refractivity contribution is 5.51. The molecule has 3 heteroatoms. The fourth-order valence-electron chi connectivity index (χ4n) is 2.11. The van der Waals surface area contributed by atoms with Crippen molar-refractivity contribution in [2.75, 3.05) is 39.3 Å². The minimum absolute atomic E-state index is 0.716. The lowest BCUT2D eigenvalue weighted by Gasteiger charge is -2.25. The second-order valence-electron chi connectivity index (χ2n) is 4.46. The summed E-state index contributed by atoms with van der Waals surface area (Å²) in [6, 6.07) is 8.22. The van der Waals surface area contributed by atoms with Crippen molar-refractivity contribution in [1.82, 2.24) is 10.2 Å². The molecule has 0 radical (unpaired) electrons. The highest BCUT2D eigenvalue weighted by Crippen LogP contribution is 2.14. The molecule has 0 bridgehead atoms. The monoisotopic (exact) mass is 246 g/mol. The summed E-state index contributed by atoms with van der Waals surface area (Å²) in [5.41, 5.74) is 1.20. The third kappa shape index (κ3) is 4.17. The standard InChI is InChI=1S/C15H22N2O/c1-2-18-15-7-3-5-14(13-15)6-4-10-17-11-8-16-9-12-17/h3-7,13,16H,2,8-12H2,1H3/b6-4+. The normalized spacial score (nSPS) is 17.2. The molecule has 1 aromatic rings. The van der Waals surface area contributed by atoms with Crippen LogP contribution in [0.15, 0.2) is 30.3 Å². The van der Waals surface area contributed by atoms with Crippen molar-refractivity contribution in [3.63, 3.8) is 0 Å². The van der Waals surface area contributed by atoms with Gasteiger partial charge in [0.2, 0.25) is 0 Å². The van der Waals surface area contributed by atoms with Gasteiger partial charge in [0.15, 0.2) is 0 Å². The quantitative estimate of drug-likeness (QED) is 0.860. The van der Waals surface area contributed by atoms with Gasteiger partial charge in [0.05, 0.1) is 6.61 Å². The minimum atomic E-state index is 0.716. The third-order valence-electron chi connectivity index (χ3n) is 3.05. The average Bonchev–Trinajstić information content (AvgIpc) is 2.41. The van der Waals surface area contributed by atoms with Crippen LogP contribution in [0.25, 0.3) is 6.08 Å². The van der Waals surface area contributed by atoms with E-state index in [-0.39, 0.29) is 0 Å². The number of nitrogens with zero attached hydrogens (tertiary/aromatic N) is 1. The molecule has 0 amide bonds. The molecule has 0 spiro atoms. The number of hydrogen-bond acceptors (Lipinski definition) is 3.